The summed E-state index contributed by atoms with van der Waals surface area (Å²) in [6.45, 7) is 1.22. The van der Waals surface area contributed by atoms with Gasteiger partial charge in [-0.2, -0.15) is 0 Å². The maximum absolute atomic E-state index is 10.9. The number of nitro groups is 1. The quantitative estimate of drug-likeness (QED) is 0.664. The average Bonchev–Trinajstić information content (AvgIpc) is 2.29. The van der Waals surface area contributed by atoms with Crippen molar-refractivity contribution in [2.24, 2.45) is 0 Å². The van der Waals surface area contributed by atoms with Crippen molar-refractivity contribution in [3.05, 3.63) is 26.9 Å². The standard InChI is InChI=1S/C10H12BrN3O3/c11-7-5-9(10(12-6-7)14(16)17)13-3-1-8(15)2-4-13/h5-6,8,15H,1-4H2. The van der Waals surface area contributed by atoms with Crippen molar-refractivity contribution in [3.63, 3.8) is 0 Å². The van der Waals surface area contributed by atoms with E-state index in [-0.39, 0.29) is 11.9 Å². The number of halogens is 1. The zero-order valence-corrected chi connectivity index (χ0v) is 10.6. The van der Waals surface area contributed by atoms with Gasteiger partial charge in [0.1, 0.15) is 5.69 Å². The molecule has 1 fully saturated rings. The Kier molecular flexibility index (Phi) is 3.58. The van der Waals surface area contributed by atoms with Gasteiger partial charge < -0.3 is 20.1 Å². The number of nitrogens with zero attached hydrogens (tertiary/aromatic N) is 3. The maximum atomic E-state index is 10.9. The predicted molar refractivity (Wildman–Crippen MR) is 66.0 cm³/mol. The minimum atomic E-state index is -0.479. The second-order valence-corrected chi connectivity index (χ2v) is 4.89. The van der Waals surface area contributed by atoms with Crippen LogP contribution in [0, 0.1) is 10.1 Å². The lowest BCUT2D eigenvalue weighted by Crippen LogP contribution is -2.36. The SMILES string of the molecule is O=[N+]([O-])c1ncc(Br)cc1N1CCC(O)CC1. The van der Waals surface area contributed by atoms with Gasteiger partial charge in [-0.05, 0) is 44.7 Å². The molecule has 17 heavy (non-hydrogen) atoms. The molecule has 0 amide bonds. The first-order valence-electron chi connectivity index (χ1n) is 5.31. The van der Waals surface area contributed by atoms with Crippen molar-refractivity contribution in [3.8, 4) is 0 Å². The van der Waals surface area contributed by atoms with Gasteiger partial charge in [0.2, 0.25) is 0 Å². The maximum Gasteiger partial charge on any atom is 0.387 e. The van der Waals surface area contributed by atoms with Crippen LogP contribution in [0.25, 0.3) is 0 Å². The van der Waals surface area contributed by atoms with Gasteiger partial charge in [-0.1, -0.05) is 0 Å². The minimum Gasteiger partial charge on any atom is -0.393 e. The molecule has 0 saturated carbocycles. The summed E-state index contributed by atoms with van der Waals surface area (Å²) in [6.07, 6.45) is 2.37. The molecular weight excluding hydrogens is 290 g/mol. The van der Waals surface area contributed by atoms with Crippen molar-refractivity contribution in [1.82, 2.24) is 4.98 Å². The Hall–Kier alpha value is -1.21. The van der Waals surface area contributed by atoms with Gasteiger partial charge in [0.25, 0.3) is 0 Å². The molecule has 1 aliphatic rings. The molecule has 7 heteroatoms. The number of aliphatic hydroxyl groups excluding tert-OH is 1. The Morgan fingerprint density at radius 2 is 2.18 bits per heavy atom. The highest BCUT2D eigenvalue weighted by molar-refractivity contribution is 9.10. The molecule has 1 N–H and O–H groups in total. The number of pyridine rings is 1. The summed E-state index contributed by atoms with van der Waals surface area (Å²) in [7, 11) is 0. The molecule has 1 aromatic rings. The van der Waals surface area contributed by atoms with E-state index in [9.17, 15) is 15.2 Å². The highest BCUT2D eigenvalue weighted by Crippen LogP contribution is 2.30. The molecule has 1 aliphatic heterocycles. The fourth-order valence-electron chi connectivity index (χ4n) is 1.90. The van der Waals surface area contributed by atoms with Crippen LogP contribution in [-0.4, -0.2) is 34.2 Å². The summed E-state index contributed by atoms with van der Waals surface area (Å²) in [5.74, 6) is -0.135. The van der Waals surface area contributed by atoms with Gasteiger partial charge in [0.05, 0.1) is 10.6 Å². The molecule has 0 aromatic carbocycles. The fraction of sp³-hybridized carbons (Fsp3) is 0.500. The number of piperidine rings is 1. The van der Waals surface area contributed by atoms with Crippen molar-refractivity contribution in [2.75, 3.05) is 18.0 Å². The molecule has 0 spiro atoms. The van der Waals surface area contributed by atoms with Crippen LogP contribution in [0.3, 0.4) is 0 Å². The third-order valence-corrected chi connectivity index (χ3v) is 3.23. The second-order valence-electron chi connectivity index (χ2n) is 3.97. The molecule has 2 rings (SSSR count). The van der Waals surface area contributed by atoms with Crippen LogP contribution in [0.15, 0.2) is 16.7 Å². The number of anilines is 1. The van der Waals surface area contributed by atoms with Crippen molar-refractivity contribution >= 4 is 27.4 Å². The summed E-state index contributed by atoms with van der Waals surface area (Å²) in [5, 5.41) is 20.3. The molecule has 2 heterocycles. The Bertz CT molecular complexity index is 433. The van der Waals surface area contributed by atoms with Crippen molar-refractivity contribution in [1.29, 1.82) is 0 Å². The molecule has 0 aliphatic carbocycles. The van der Waals surface area contributed by atoms with E-state index < -0.39 is 4.92 Å². The second kappa shape index (κ2) is 4.97. The van der Waals surface area contributed by atoms with E-state index >= 15 is 0 Å². The fourth-order valence-corrected chi connectivity index (χ4v) is 2.22. The van der Waals surface area contributed by atoms with E-state index in [0.29, 0.717) is 36.1 Å². The average molecular weight is 302 g/mol. The molecule has 0 bridgehead atoms. The van der Waals surface area contributed by atoms with Gasteiger partial charge in [-0.25, -0.2) is 0 Å². The molecule has 1 aromatic heterocycles. The smallest absolute Gasteiger partial charge is 0.387 e. The molecular formula is C10H12BrN3O3. The van der Waals surface area contributed by atoms with Gasteiger partial charge in [0, 0.05) is 13.1 Å². The highest BCUT2D eigenvalue weighted by Gasteiger charge is 2.25. The van der Waals surface area contributed by atoms with Crippen LogP contribution in [0.1, 0.15) is 12.8 Å². The van der Waals surface area contributed by atoms with Gasteiger partial charge in [-0.3, -0.25) is 0 Å². The topological polar surface area (TPSA) is 79.5 Å². The first kappa shape index (κ1) is 12.3. The first-order valence-corrected chi connectivity index (χ1v) is 6.10. The molecule has 92 valence electrons. The number of aliphatic hydroxyl groups is 1. The minimum absolute atomic E-state index is 0.135. The number of hydrogen-bond donors (Lipinski definition) is 1. The lowest BCUT2D eigenvalue weighted by molar-refractivity contribution is -0.388. The summed E-state index contributed by atoms with van der Waals surface area (Å²) < 4.78 is 0.712. The highest BCUT2D eigenvalue weighted by atomic mass is 79.9. The third-order valence-electron chi connectivity index (χ3n) is 2.79. The van der Waals surface area contributed by atoms with Crippen LogP contribution in [0.5, 0.6) is 0 Å². The lowest BCUT2D eigenvalue weighted by atomic mass is 10.1. The Balaban J connectivity index is 2.30. The summed E-state index contributed by atoms with van der Waals surface area (Å²) in [4.78, 5) is 16.1. The molecule has 0 radical (unpaired) electrons. The Labute approximate surface area is 107 Å². The summed E-state index contributed by atoms with van der Waals surface area (Å²) >= 11 is 3.26. The van der Waals surface area contributed by atoms with Gasteiger partial charge in [0.15, 0.2) is 6.20 Å². The first-order chi connectivity index (χ1) is 8.08. The Morgan fingerprint density at radius 1 is 1.53 bits per heavy atom. The summed E-state index contributed by atoms with van der Waals surface area (Å²) in [6, 6.07) is 1.70. The number of hydrogen-bond acceptors (Lipinski definition) is 5. The van der Waals surface area contributed by atoms with E-state index in [2.05, 4.69) is 20.9 Å². The van der Waals surface area contributed by atoms with Gasteiger partial charge >= 0.3 is 5.82 Å². The summed E-state index contributed by atoms with van der Waals surface area (Å²) in [5.41, 5.74) is 0.510. The van der Waals surface area contributed by atoms with Crippen LogP contribution in [-0.2, 0) is 0 Å². The predicted octanol–water partition coefficient (Wildman–Crippen LogP) is 1.71. The zero-order chi connectivity index (χ0) is 12.4. The van der Waals surface area contributed by atoms with E-state index in [4.69, 9.17) is 0 Å². The monoisotopic (exact) mass is 301 g/mol. The van der Waals surface area contributed by atoms with E-state index in [1.54, 1.807) is 6.07 Å². The number of aromatic nitrogens is 1. The zero-order valence-electron chi connectivity index (χ0n) is 9.04. The van der Waals surface area contributed by atoms with E-state index in [0.717, 1.165) is 0 Å². The number of rotatable bonds is 2. The van der Waals surface area contributed by atoms with E-state index in [1.807, 2.05) is 4.90 Å². The van der Waals surface area contributed by atoms with Gasteiger partial charge in [-0.15, -0.1) is 0 Å². The van der Waals surface area contributed by atoms with E-state index in [1.165, 1.54) is 6.20 Å². The molecule has 1 saturated heterocycles. The molecule has 6 nitrogen and oxygen atoms in total. The molecule has 0 unspecified atom stereocenters. The van der Waals surface area contributed by atoms with Crippen molar-refractivity contribution < 1.29 is 10.0 Å². The lowest BCUT2D eigenvalue weighted by Gasteiger charge is -2.30. The van der Waals surface area contributed by atoms with Crippen LogP contribution >= 0.6 is 15.9 Å². The largest absolute Gasteiger partial charge is 0.393 e. The van der Waals surface area contributed by atoms with Crippen LogP contribution in [0.4, 0.5) is 11.5 Å². The van der Waals surface area contributed by atoms with Crippen molar-refractivity contribution in [2.45, 2.75) is 18.9 Å². The van der Waals surface area contributed by atoms with Crippen LogP contribution in [0.2, 0.25) is 0 Å². The molecule has 0 atom stereocenters. The Morgan fingerprint density at radius 3 is 2.76 bits per heavy atom. The normalized spacial score (nSPS) is 17.2. The van der Waals surface area contributed by atoms with Crippen LogP contribution < -0.4 is 4.90 Å². The third kappa shape index (κ3) is 2.73.